The number of amides is 1. The van der Waals surface area contributed by atoms with Crippen LogP contribution in [0.3, 0.4) is 0 Å². The number of aliphatic hydroxyl groups excluding tert-OH is 2. The van der Waals surface area contributed by atoms with Crippen molar-refractivity contribution in [1.29, 1.82) is 0 Å². The minimum Gasteiger partial charge on any atom is -0.388 e. The number of rotatable bonds is 1. The Kier molecular flexibility index (Phi) is 2.68. The minimum absolute atomic E-state index is 0.152. The lowest BCUT2D eigenvalue weighted by Gasteiger charge is -2.26. The standard InChI is InChI=1S/C9H16N2O4/c10-9(1-2-15-5-9)8(14)11-3-6(12)7(13)4-11/h6-7,12-13H,1-5,10H2/t6-,7+,9?. The zero-order valence-electron chi connectivity index (χ0n) is 8.43. The molecule has 1 unspecified atom stereocenters. The molecular weight excluding hydrogens is 200 g/mol. The van der Waals surface area contributed by atoms with Gasteiger partial charge in [0.15, 0.2) is 0 Å². The number of ether oxygens (including phenoxy) is 1. The number of nitrogens with two attached hydrogens (primary N) is 1. The van der Waals surface area contributed by atoms with Crippen molar-refractivity contribution in [3.05, 3.63) is 0 Å². The van der Waals surface area contributed by atoms with E-state index in [-0.39, 0.29) is 25.6 Å². The third-order valence-corrected chi connectivity index (χ3v) is 3.02. The van der Waals surface area contributed by atoms with Gasteiger partial charge in [0.05, 0.1) is 18.8 Å². The summed E-state index contributed by atoms with van der Waals surface area (Å²) in [6.45, 7) is 1.01. The Labute approximate surface area is 87.6 Å². The minimum atomic E-state index is -0.968. The summed E-state index contributed by atoms with van der Waals surface area (Å²) in [5.74, 6) is -0.240. The quantitative estimate of drug-likeness (QED) is 0.457. The van der Waals surface area contributed by atoms with Crippen LogP contribution in [0.25, 0.3) is 0 Å². The predicted octanol–water partition coefficient (Wildman–Crippen LogP) is -2.33. The van der Waals surface area contributed by atoms with Crippen molar-refractivity contribution in [3.63, 3.8) is 0 Å². The van der Waals surface area contributed by atoms with Gasteiger partial charge in [-0.15, -0.1) is 0 Å². The molecule has 0 saturated carbocycles. The Balaban J connectivity index is 2.02. The largest absolute Gasteiger partial charge is 0.388 e. The molecule has 0 aromatic carbocycles. The number of hydrogen-bond acceptors (Lipinski definition) is 5. The molecule has 0 aromatic rings. The number of carbonyl (C=O) groups excluding carboxylic acids is 1. The first-order chi connectivity index (χ1) is 7.03. The van der Waals surface area contributed by atoms with E-state index in [1.807, 2.05) is 0 Å². The number of hydrogen-bond donors (Lipinski definition) is 3. The molecule has 2 rings (SSSR count). The van der Waals surface area contributed by atoms with Crippen LogP contribution in [0.1, 0.15) is 6.42 Å². The summed E-state index contributed by atoms with van der Waals surface area (Å²) in [7, 11) is 0. The highest BCUT2D eigenvalue weighted by Crippen LogP contribution is 2.21. The fraction of sp³-hybridized carbons (Fsp3) is 0.889. The molecule has 0 aliphatic carbocycles. The van der Waals surface area contributed by atoms with Gasteiger partial charge in [-0.05, 0) is 6.42 Å². The van der Waals surface area contributed by atoms with Crippen LogP contribution < -0.4 is 5.73 Å². The molecule has 6 heteroatoms. The van der Waals surface area contributed by atoms with Crippen molar-refractivity contribution in [2.24, 2.45) is 5.73 Å². The summed E-state index contributed by atoms with van der Waals surface area (Å²) in [5.41, 5.74) is 4.93. The van der Waals surface area contributed by atoms with Gasteiger partial charge < -0.3 is 25.6 Å². The molecule has 3 atom stereocenters. The van der Waals surface area contributed by atoms with Gasteiger partial charge in [0, 0.05) is 19.7 Å². The van der Waals surface area contributed by atoms with Crippen molar-refractivity contribution in [1.82, 2.24) is 4.90 Å². The van der Waals surface area contributed by atoms with Gasteiger partial charge in [-0.25, -0.2) is 0 Å². The smallest absolute Gasteiger partial charge is 0.245 e. The van der Waals surface area contributed by atoms with E-state index in [2.05, 4.69) is 0 Å². The highest BCUT2D eigenvalue weighted by Gasteiger charge is 2.44. The lowest BCUT2D eigenvalue weighted by Crippen LogP contribution is -2.55. The van der Waals surface area contributed by atoms with Crippen molar-refractivity contribution in [2.75, 3.05) is 26.3 Å². The summed E-state index contributed by atoms with van der Waals surface area (Å²) in [4.78, 5) is 13.4. The van der Waals surface area contributed by atoms with E-state index in [1.54, 1.807) is 0 Å². The SMILES string of the molecule is NC1(C(=O)N2C[C@@H](O)[C@@H](O)C2)CCOC1. The molecule has 2 aliphatic rings. The van der Waals surface area contributed by atoms with Crippen LogP contribution in [-0.4, -0.2) is 65.1 Å². The van der Waals surface area contributed by atoms with Crippen LogP contribution in [0.4, 0.5) is 0 Å². The van der Waals surface area contributed by atoms with E-state index in [1.165, 1.54) is 4.90 Å². The normalized spacial score (nSPS) is 41.1. The second-order valence-electron chi connectivity index (χ2n) is 4.30. The molecule has 1 amide bonds. The molecule has 2 saturated heterocycles. The molecule has 0 bridgehead atoms. The van der Waals surface area contributed by atoms with Gasteiger partial charge in [0.1, 0.15) is 5.54 Å². The Bertz CT molecular complexity index is 255. The molecule has 6 nitrogen and oxygen atoms in total. The zero-order chi connectivity index (χ0) is 11.1. The van der Waals surface area contributed by atoms with Gasteiger partial charge in [0.25, 0.3) is 0 Å². The van der Waals surface area contributed by atoms with E-state index < -0.39 is 17.7 Å². The van der Waals surface area contributed by atoms with Crippen LogP contribution in [0.2, 0.25) is 0 Å². The average Bonchev–Trinajstić information content (AvgIpc) is 2.75. The summed E-state index contributed by atoms with van der Waals surface area (Å²) in [5, 5.41) is 18.7. The van der Waals surface area contributed by atoms with Gasteiger partial charge in [-0.1, -0.05) is 0 Å². The van der Waals surface area contributed by atoms with E-state index in [4.69, 9.17) is 10.5 Å². The first-order valence-corrected chi connectivity index (χ1v) is 5.05. The summed E-state index contributed by atoms with van der Waals surface area (Å²) in [6, 6.07) is 0. The number of aliphatic hydroxyl groups is 2. The van der Waals surface area contributed by atoms with Crippen LogP contribution in [0.15, 0.2) is 0 Å². The molecule has 15 heavy (non-hydrogen) atoms. The van der Waals surface area contributed by atoms with Crippen molar-refractivity contribution < 1.29 is 19.7 Å². The summed E-state index contributed by atoms with van der Waals surface area (Å²) >= 11 is 0. The number of carbonyl (C=O) groups is 1. The molecule has 0 spiro atoms. The zero-order valence-corrected chi connectivity index (χ0v) is 8.43. The van der Waals surface area contributed by atoms with Gasteiger partial charge >= 0.3 is 0 Å². The molecule has 4 N–H and O–H groups in total. The Morgan fingerprint density at radius 1 is 1.40 bits per heavy atom. The van der Waals surface area contributed by atoms with Crippen molar-refractivity contribution in [3.8, 4) is 0 Å². The maximum atomic E-state index is 12.0. The molecule has 0 aromatic heterocycles. The van der Waals surface area contributed by atoms with E-state index >= 15 is 0 Å². The van der Waals surface area contributed by atoms with Gasteiger partial charge in [-0.2, -0.15) is 0 Å². The molecular formula is C9H16N2O4. The number of likely N-dealkylation sites (tertiary alicyclic amines) is 1. The lowest BCUT2D eigenvalue weighted by atomic mass is 9.98. The van der Waals surface area contributed by atoms with Crippen molar-refractivity contribution >= 4 is 5.91 Å². The number of β-amino-alcohol motifs (C(OH)–C–C–N with tert-alkyl or cyclic N) is 2. The van der Waals surface area contributed by atoms with Gasteiger partial charge in [-0.3, -0.25) is 4.79 Å². The fourth-order valence-corrected chi connectivity index (χ4v) is 2.00. The Hall–Kier alpha value is -0.690. The average molecular weight is 216 g/mol. The number of nitrogens with zero attached hydrogens (tertiary/aromatic N) is 1. The maximum Gasteiger partial charge on any atom is 0.245 e. The summed E-state index contributed by atoms with van der Waals surface area (Å²) < 4.78 is 5.10. The third kappa shape index (κ3) is 1.85. The van der Waals surface area contributed by atoms with Crippen LogP contribution >= 0.6 is 0 Å². The highest BCUT2D eigenvalue weighted by atomic mass is 16.5. The summed E-state index contributed by atoms with van der Waals surface area (Å²) in [6.07, 6.45) is -1.23. The molecule has 86 valence electrons. The monoisotopic (exact) mass is 216 g/mol. The first-order valence-electron chi connectivity index (χ1n) is 5.05. The lowest BCUT2D eigenvalue weighted by molar-refractivity contribution is -0.136. The second kappa shape index (κ2) is 3.71. The van der Waals surface area contributed by atoms with E-state index in [9.17, 15) is 15.0 Å². The van der Waals surface area contributed by atoms with Crippen molar-refractivity contribution in [2.45, 2.75) is 24.2 Å². The molecule has 0 radical (unpaired) electrons. The van der Waals surface area contributed by atoms with E-state index in [0.29, 0.717) is 13.0 Å². The maximum absolute atomic E-state index is 12.0. The second-order valence-corrected chi connectivity index (χ2v) is 4.30. The third-order valence-electron chi connectivity index (χ3n) is 3.02. The first kappa shape index (κ1) is 10.8. The van der Waals surface area contributed by atoms with Crippen LogP contribution in [0, 0.1) is 0 Å². The van der Waals surface area contributed by atoms with E-state index in [0.717, 1.165) is 0 Å². The molecule has 2 aliphatic heterocycles. The van der Waals surface area contributed by atoms with Crippen LogP contribution in [0.5, 0.6) is 0 Å². The Morgan fingerprint density at radius 3 is 2.47 bits per heavy atom. The van der Waals surface area contributed by atoms with Gasteiger partial charge in [0.2, 0.25) is 5.91 Å². The molecule has 2 fully saturated rings. The molecule has 2 heterocycles. The topological polar surface area (TPSA) is 96.0 Å². The van der Waals surface area contributed by atoms with Crippen LogP contribution in [-0.2, 0) is 9.53 Å². The predicted molar refractivity (Wildman–Crippen MR) is 50.9 cm³/mol. The fourth-order valence-electron chi connectivity index (χ4n) is 2.00. The Morgan fingerprint density at radius 2 is 2.00 bits per heavy atom. The highest BCUT2D eigenvalue weighted by molar-refractivity contribution is 5.87.